The molecule has 16 heteroatoms. The molecule has 12 nitrogen and oxygen atoms in total. The van der Waals surface area contributed by atoms with Crippen LogP contribution in [0.1, 0.15) is 11.8 Å². The van der Waals surface area contributed by atoms with Crippen LogP contribution in [0, 0.1) is 11.3 Å². The minimum Gasteiger partial charge on any atom is -0.387 e. The molecule has 2 aromatic heterocycles. The standard InChI is InChI=1S/C17H19ClF2N5O7P/c18-15-7(1-21)12(24-2-8(19)9(20)3-24)11-16(23-15)25(5-22-11)17-14(27)13(26)10(32-17)4-31-6-33(28,29)30/h5,8-10,13-14,17,26-27H,2-4,6H2,(H2,28,29,30)/t8-,9+,10-,13-,14-,17-/m1/s1. The summed E-state index contributed by atoms with van der Waals surface area (Å²) in [4.78, 5) is 27.4. The van der Waals surface area contributed by atoms with Gasteiger partial charge in [-0.2, -0.15) is 5.26 Å². The number of imidazole rings is 1. The minimum absolute atomic E-state index is 0.0275. The van der Waals surface area contributed by atoms with Gasteiger partial charge in [0, 0.05) is 0 Å². The molecule has 0 bridgehead atoms. The van der Waals surface area contributed by atoms with Crippen molar-refractivity contribution in [1.82, 2.24) is 14.5 Å². The van der Waals surface area contributed by atoms with Crippen LogP contribution in [0.4, 0.5) is 14.5 Å². The van der Waals surface area contributed by atoms with Gasteiger partial charge in [-0.25, -0.2) is 18.7 Å². The SMILES string of the molecule is N#Cc1c(Cl)nc2c(ncn2[C@@H]2O[C@H](COCP(=O)(O)O)[C@@H](O)[C@H]2O)c1N1C[C@@H](F)[C@@H](F)C1. The highest BCUT2D eigenvalue weighted by molar-refractivity contribution is 7.51. The summed E-state index contributed by atoms with van der Waals surface area (Å²) in [7, 11) is -4.44. The highest BCUT2D eigenvalue weighted by Gasteiger charge is 2.45. The van der Waals surface area contributed by atoms with Crippen LogP contribution in [0.5, 0.6) is 0 Å². The molecule has 2 fully saturated rings. The number of hydrogen-bond donors (Lipinski definition) is 4. The lowest BCUT2D eigenvalue weighted by molar-refractivity contribution is -0.0612. The smallest absolute Gasteiger partial charge is 0.350 e. The van der Waals surface area contributed by atoms with E-state index in [1.165, 1.54) is 15.8 Å². The molecule has 2 aliphatic heterocycles. The Labute approximate surface area is 190 Å². The molecule has 4 N–H and O–H groups in total. The fraction of sp³-hybridized carbons (Fsp3) is 0.588. The molecule has 2 saturated heterocycles. The zero-order valence-corrected chi connectivity index (χ0v) is 18.4. The minimum atomic E-state index is -4.44. The number of ether oxygens (including phenoxy) is 2. The molecule has 33 heavy (non-hydrogen) atoms. The van der Waals surface area contributed by atoms with Gasteiger partial charge in [0.1, 0.15) is 41.8 Å². The first-order chi connectivity index (χ1) is 15.5. The van der Waals surface area contributed by atoms with Crippen molar-refractivity contribution < 1.29 is 42.8 Å². The first kappa shape index (κ1) is 24.2. The van der Waals surface area contributed by atoms with E-state index in [1.54, 1.807) is 0 Å². The number of fused-ring (bicyclic) bond motifs is 1. The van der Waals surface area contributed by atoms with Crippen LogP contribution in [0.15, 0.2) is 6.33 Å². The average Bonchev–Trinajstić information content (AvgIpc) is 3.37. The number of rotatable bonds is 6. The van der Waals surface area contributed by atoms with E-state index in [-0.39, 0.29) is 40.7 Å². The van der Waals surface area contributed by atoms with Gasteiger partial charge in [-0.05, 0) is 0 Å². The maximum Gasteiger partial charge on any atom is 0.350 e. The molecule has 2 aliphatic rings. The summed E-state index contributed by atoms with van der Waals surface area (Å²) in [5, 5.41) is 30.0. The average molecular weight is 510 g/mol. The number of nitrogens with zero attached hydrogens (tertiary/aromatic N) is 5. The Morgan fingerprint density at radius 2 is 1.97 bits per heavy atom. The fourth-order valence-electron chi connectivity index (χ4n) is 3.88. The van der Waals surface area contributed by atoms with Crippen molar-refractivity contribution in [2.24, 2.45) is 0 Å². The van der Waals surface area contributed by atoms with Crippen molar-refractivity contribution in [3.05, 3.63) is 17.0 Å². The summed E-state index contributed by atoms with van der Waals surface area (Å²) in [5.74, 6) is 0. The van der Waals surface area contributed by atoms with Gasteiger partial charge in [0.05, 0.1) is 31.7 Å². The van der Waals surface area contributed by atoms with Gasteiger partial charge in [-0.1, -0.05) is 11.6 Å². The molecule has 4 heterocycles. The second-order valence-corrected chi connectivity index (χ2v) is 9.66. The second-order valence-electron chi connectivity index (χ2n) is 7.71. The van der Waals surface area contributed by atoms with Crippen molar-refractivity contribution in [2.75, 3.05) is 30.9 Å². The number of nitriles is 1. The topological polar surface area (TPSA) is 174 Å². The lowest BCUT2D eigenvalue weighted by Crippen LogP contribution is -2.34. The van der Waals surface area contributed by atoms with Crippen molar-refractivity contribution in [2.45, 2.75) is 36.9 Å². The van der Waals surface area contributed by atoms with Gasteiger partial charge < -0.3 is 34.4 Å². The first-order valence-electron chi connectivity index (χ1n) is 9.65. The van der Waals surface area contributed by atoms with Gasteiger partial charge in [-0.15, -0.1) is 0 Å². The third kappa shape index (κ3) is 4.55. The number of halogens is 3. The monoisotopic (exact) mass is 509 g/mol. The maximum absolute atomic E-state index is 13.8. The van der Waals surface area contributed by atoms with E-state index in [1.807, 2.05) is 6.07 Å². The van der Waals surface area contributed by atoms with E-state index < -0.39 is 57.4 Å². The fourth-order valence-corrected chi connectivity index (χ4v) is 4.44. The molecular weight excluding hydrogens is 491 g/mol. The van der Waals surface area contributed by atoms with Gasteiger partial charge >= 0.3 is 7.60 Å². The number of hydrogen-bond acceptors (Lipinski definition) is 9. The molecule has 2 aromatic rings. The van der Waals surface area contributed by atoms with Crippen LogP contribution in [0.25, 0.3) is 11.2 Å². The second kappa shape index (κ2) is 9.01. The number of aliphatic hydroxyl groups is 2. The normalized spacial score (nSPS) is 30.3. The quantitative estimate of drug-likeness (QED) is 0.310. The van der Waals surface area contributed by atoms with Gasteiger partial charge in [0.15, 0.2) is 29.4 Å². The summed E-state index contributed by atoms with van der Waals surface area (Å²) in [6.07, 6.45) is -8.59. The van der Waals surface area contributed by atoms with E-state index in [9.17, 15) is 28.8 Å². The summed E-state index contributed by atoms with van der Waals surface area (Å²) >= 11 is 6.16. The molecule has 0 amide bonds. The van der Waals surface area contributed by atoms with Crippen molar-refractivity contribution in [3.8, 4) is 6.07 Å². The maximum atomic E-state index is 13.8. The summed E-state index contributed by atoms with van der Waals surface area (Å²) in [6.45, 7) is -1.06. The largest absolute Gasteiger partial charge is 0.387 e. The zero-order chi connectivity index (χ0) is 24.1. The Bertz CT molecular complexity index is 1130. The molecule has 4 rings (SSSR count). The number of anilines is 1. The lowest BCUT2D eigenvalue weighted by atomic mass is 10.1. The Kier molecular flexibility index (Phi) is 6.60. The lowest BCUT2D eigenvalue weighted by Gasteiger charge is -2.21. The Morgan fingerprint density at radius 3 is 2.58 bits per heavy atom. The number of aliphatic hydroxyl groups excluding tert-OH is 2. The summed E-state index contributed by atoms with van der Waals surface area (Å²) in [5.41, 5.74) is 0.0828. The number of alkyl halides is 2. The molecule has 0 unspecified atom stereocenters. The van der Waals surface area contributed by atoms with Crippen LogP contribution in [-0.4, -0.2) is 91.2 Å². The molecule has 0 aromatic carbocycles. The van der Waals surface area contributed by atoms with Gasteiger partial charge in [-0.3, -0.25) is 9.13 Å². The van der Waals surface area contributed by atoms with E-state index in [2.05, 4.69) is 9.97 Å². The Balaban J connectivity index is 1.67. The van der Waals surface area contributed by atoms with Crippen molar-refractivity contribution >= 4 is 36.0 Å². The predicted molar refractivity (Wildman–Crippen MR) is 108 cm³/mol. The van der Waals surface area contributed by atoms with Crippen molar-refractivity contribution in [3.63, 3.8) is 0 Å². The Hall–Kier alpha value is -1.95. The van der Waals surface area contributed by atoms with E-state index >= 15 is 0 Å². The van der Waals surface area contributed by atoms with Crippen molar-refractivity contribution in [1.29, 1.82) is 5.26 Å². The highest BCUT2D eigenvalue weighted by atomic mass is 35.5. The first-order valence-corrected chi connectivity index (χ1v) is 11.8. The zero-order valence-electron chi connectivity index (χ0n) is 16.7. The molecule has 0 spiro atoms. The van der Waals surface area contributed by atoms with Crippen LogP contribution < -0.4 is 4.90 Å². The van der Waals surface area contributed by atoms with E-state index in [0.717, 1.165) is 0 Å². The predicted octanol–water partition coefficient (Wildman–Crippen LogP) is 0.224. The third-order valence-corrected chi connectivity index (χ3v) is 6.19. The molecule has 180 valence electrons. The molecular formula is C17H19ClF2N5O7P. The third-order valence-electron chi connectivity index (χ3n) is 5.40. The van der Waals surface area contributed by atoms with E-state index in [0.29, 0.717) is 0 Å². The molecule has 0 saturated carbocycles. The van der Waals surface area contributed by atoms with Crippen LogP contribution in [0.2, 0.25) is 5.15 Å². The molecule has 6 atom stereocenters. The van der Waals surface area contributed by atoms with Crippen LogP contribution in [-0.2, 0) is 14.0 Å². The van der Waals surface area contributed by atoms with Gasteiger partial charge in [0.2, 0.25) is 0 Å². The summed E-state index contributed by atoms with van der Waals surface area (Å²) < 4.78 is 50.3. The molecule has 0 aliphatic carbocycles. The van der Waals surface area contributed by atoms with E-state index in [4.69, 9.17) is 30.9 Å². The number of pyridine rings is 1. The highest BCUT2D eigenvalue weighted by Crippen LogP contribution is 2.39. The van der Waals surface area contributed by atoms with Crippen LogP contribution >= 0.6 is 19.2 Å². The molecule has 0 radical (unpaired) electrons. The Morgan fingerprint density at radius 1 is 1.30 bits per heavy atom. The number of aromatic nitrogens is 3. The van der Waals surface area contributed by atoms with Gasteiger partial charge in [0.25, 0.3) is 0 Å². The summed E-state index contributed by atoms with van der Waals surface area (Å²) in [6, 6.07) is 1.87. The van der Waals surface area contributed by atoms with Crippen LogP contribution in [0.3, 0.4) is 0 Å².